The van der Waals surface area contributed by atoms with E-state index >= 15 is 0 Å². The molecule has 2 aromatic rings. The normalized spacial score (nSPS) is 16.9. The SMILES string of the molecule is COC1(Cn2cnc3ccc(C(=O)O)cc32)CC1. The number of imidazole rings is 1. The maximum absolute atomic E-state index is 11.0. The molecule has 0 saturated heterocycles. The van der Waals surface area contributed by atoms with Gasteiger partial charge in [0.1, 0.15) is 0 Å². The van der Waals surface area contributed by atoms with Gasteiger partial charge in [-0.05, 0) is 31.0 Å². The molecule has 0 atom stereocenters. The molecule has 1 saturated carbocycles. The Morgan fingerprint density at radius 3 is 2.94 bits per heavy atom. The second kappa shape index (κ2) is 3.81. The fourth-order valence-electron chi connectivity index (χ4n) is 2.19. The first-order chi connectivity index (χ1) is 8.63. The van der Waals surface area contributed by atoms with Gasteiger partial charge in [-0.15, -0.1) is 0 Å². The lowest BCUT2D eigenvalue weighted by atomic mass is 10.2. The average molecular weight is 246 g/mol. The van der Waals surface area contributed by atoms with Crippen molar-refractivity contribution in [2.24, 2.45) is 0 Å². The van der Waals surface area contributed by atoms with Gasteiger partial charge >= 0.3 is 5.97 Å². The number of carboxylic acid groups (broad SMARTS) is 1. The fraction of sp³-hybridized carbons (Fsp3) is 0.385. The smallest absolute Gasteiger partial charge is 0.335 e. The van der Waals surface area contributed by atoms with E-state index in [-0.39, 0.29) is 11.2 Å². The Labute approximate surface area is 104 Å². The summed E-state index contributed by atoms with van der Waals surface area (Å²) in [5.74, 6) is -0.919. The number of fused-ring (bicyclic) bond motifs is 1. The molecule has 0 aliphatic heterocycles. The lowest BCUT2D eigenvalue weighted by Gasteiger charge is -2.14. The molecular formula is C13H14N2O3. The zero-order valence-corrected chi connectivity index (χ0v) is 10.1. The van der Waals surface area contributed by atoms with Gasteiger partial charge in [0.25, 0.3) is 0 Å². The molecule has 1 fully saturated rings. The van der Waals surface area contributed by atoms with Crippen LogP contribution in [0, 0.1) is 0 Å². The highest BCUT2D eigenvalue weighted by atomic mass is 16.5. The minimum atomic E-state index is -0.919. The number of benzene rings is 1. The van der Waals surface area contributed by atoms with Crippen molar-refractivity contribution in [1.29, 1.82) is 0 Å². The first-order valence-corrected chi connectivity index (χ1v) is 5.87. The van der Waals surface area contributed by atoms with Crippen LogP contribution in [0.1, 0.15) is 23.2 Å². The van der Waals surface area contributed by atoms with Crippen molar-refractivity contribution in [3.63, 3.8) is 0 Å². The predicted octanol–water partition coefficient (Wildman–Crippen LogP) is 1.91. The molecule has 1 N–H and O–H groups in total. The molecular weight excluding hydrogens is 232 g/mol. The summed E-state index contributed by atoms with van der Waals surface area (Å²) >= 11 is 0. The maximum atomic E-state index is 11.0. The van der Waals surface area contributed by atoms with Crippen molar-refractivity contribution in [3.05, 3.63) is 30.1 Å². The lowest BCUT2D eigenvalue weighted by Crippen LogP contribution is -2.19. The molecule has 94 valence electrons. The van der Waals surface area contributed by atoms with Crippen LogP contribution in [0.25, 0.3) is 11.0 Å². The van der Waals surface area contributed by atoms with Gasteiger partial charge in [-0.3, -0.25) is 0 Å². The van der Waals surface area contributed by atoms with E-state index in [4.69, 9.17) is 9.84 Å². The number of nitrogens with zero attached hydrogens (tertiary/aromatic N) is 2. The molecule has 0 amide bonds. The number of carbonyl (C=O) groups is 1. The van der Waals surface area contributed by atoms with Crippen LogP contribution in [-0.4, -0.2) is 33.3 Å². The van der Waals surface area contributed by atoms with Gasteiger partial charge in [0.05, 0.1) is 35.1 Å². The first-order valence-electron chi connectivity index (χ1n) is 5.87. The lowest BCUT2D eigenvalue weighted by molar-refractivity contribution is 0.0660. The first kappa shape index (κ1) is 11.2. The molecule has 1 heterocycles. The Morgan fingerprint density at radius 1 is 1.56 bits per heavy atom. The molecule has 0 unspecified atom stereocenters. The van der Waals surface area contributed by atoms with Gasteiger partial charge in [-0.1, -0.05) is 0 Å². The summed E-state index contributed by atoms with van der Waals surface area (Å²) in [5, 5.41) is 9.01. The van der Waals surface area contributed by atoms with Gasteiger partial charge in [0, 0.05) is 7.11 Å². The van der Waals surface area contributed by atoms with Crippen molar-refractivity contribution >= 4 is 17.0 Å². The fourth-order valence-corrected chi connectivity index (χ4v) is 2.19. The summed E-state index contributed by atoms with van der Waals surface area (Å²) in [7, 11) is 1.72. The second-order valence-corrected chi connectivity index (χ2v) is 4.77. The number of hydrogen-bond donors (Lipinski definition) is 1. The molecule has 0 radical (unpaired) electrons. The molecule has 1 aliphatic carbocycles. The molecule has 1 aromatic carbocycles. The number of rotatable bonds is 4. The van der Waals surface area contributed by atoms with Crippen molar-refractivity contribution in [2.45, 2.75) is 25.0 Å². The van der Waals surface area contributed by atoms with Crippen molar-refractivity contribution in [3.8, 4) is 0 Å². The second-order valence-electron chi connectivity index (χ2n) is 4.77. The van der Waals surface area contributed by atoms with Crippen LogP contribution in [0.5, 0.6) is 0 Å². The molecule has 1 aromatic heterocycles. The zero-order chi connectivity index (χ0) is 12.8. The van der Waals surface area contributed by atoms with Gasteiger partial charge in [-0.2, -0.15) is 0 Å². The molecule has 0 spiro atoms. The van der Waals surface area contributed by atoms with E-state index in [0.29, 0.717) is 0 Å². The number of carboxylic acids is 1. The summed E-state index contributed by atoms with van der Waals surface area (Å²) in [6, 6.07) is 4.98. The van der Waals surface area contributed by atoms with Crippen LogP contribution >= 0.6 is 0 Å². The summed E-state index contributed by atoms with van der Waals surface area (Å²) in [6.07, 6.45) is 3.83. The average Bonchev–Trinajstić information content (AvgIpc) is 3.04. The van der Waals surface area contributed by atoms with E-state index in [1.165, 1.54) is 0 Å². The summed E-state index contributed by atoms with van der Waals surface area (Å²) in [4.78, 5) is 15.3. The van der Waals surface area contributed by atoms with Gasteiger partial charge in [-0.25, -0.2) is 9.78 Å². The van der Waals surface area contributed by atoms with Crippen LogP contribution in [-0.2, 0) is 11.3 Å². The molecule has 5 heteroatoms. The van der Waals surface area contributed by atoms with Gasteiger partial charge in [0.2, 0.25) is 0 Å². The third-order valence-corrected chi connectivity index (χ3v) is 3.57. The molecule has 0 bridgehead atoms. The molecule has 3 rings (SSSR count). The zero-order valence-electron chi connectivity index (χ0n) is 10.1. The Hall–Kier alpha value is -1.88. The van der Waals surface area contributed by atoms with Crippen molar-refractivity contribution < 1.29 is 14.6 Å². The summed E-state index contributed by atoms with van der Waals surface area (Å²) in [6.45, 7) is 0.725. The quantitative estimate of drug-likeness (QED) is 0.895. The van der Waals surface area contributed by atoms with E-state index in [1.807, 2.05) is 4.57 Å². The van der Waals surface area contributed by atoms with E-state index in [9.17, 15) is 4.79 Å². The molecule has 18 heavy (non-hydrogen) atoms. The number of ether oxygens (including phenoxy) is 1. The highest BCUT2D eigenvalue weighted by molar-refractivity contribution is 5.92. The Balaban J connectivity index is 2.01. The Bertz CT molecular complexity index is 614. The molecule has 5 nitrogen and oxygen atoms in total. The highest BCUT2D eigenvalue weighted by Gasteiger charge is 2.43. The largest absolute Gasteiger partial charge is 0.478 e. The summed E-state index contributed by atoms with van der Waals surface area (Å²) < 4.78 is 7.45. The standard InChI is InChI=1S/C13H14N2O3/c1-18-13(4-5-13)7-15-8-14-10-3-2-9(12(16)17)6-11(10)15/h2-3,6,8H,4-5,7H2,1H3,(H,16,17). The highest BCUT2D eigenvalue weighted by Crippen LogP contribution is 2.40. The van der Waals surface area contributed by atoms with Crippen LogP contribution < -0.4 is 0 Å². The van der Waals surface area contributed by atoms with Crippen LogP contribution in [0.4, 0.5) is 0 Å². The number of hydrogen-bond acceptors (Lipinski definition) is 3. The maximum Gasteiger partial charge on any atom is 0.335 e. The molecule has 1 aliphatic rings. The summed E-state index contributed by atoms with van der Waals surface area (Å²) in [5.41, 5.74) is 1.86. The van der Waals surface area contributed by atoms with Crippen molar-refractivity contribution in [1.82, 2.24) is 9.55 Å². The van der Waals surface area contributed by atoms with Crippen LogP contribution in [0.2, 0.25) is 0 Å². The minimum Gasteiger partial charge on any atom is -0.478 e. The van der Waals surface area contributed by atoms with Crippen LogP contribution in [0.15, 0.2) is 24.5 Å². The monoisotopic (exact) mass is 246 g/mol. The van der Waals surface area contributed by atoms with E-state index in [0.717, 1.165) is 30.4 Å². The van der Waals surface area contributed by atoms with Crippen LogP contribution in [0.3, 0.4) is 0 Å². The van der Waals surface area contributed by atoms with E-state index in [2.05, 4.69) is 4.98 Å². The third-order valence-electron chi connectivity index (χ3n) is 3.57. The number of methoxy groups -OCH3 is 1. The van der Waals surface area contributed by atoms with Gasteiger partial charge in [0.15, 0.2) is 0 Å². The van der Waals surface area contributed by atoms with E-state index < -0.39 is 5.97 Å². The topological polar surface area (TPSA) is 64.4 Å². The van der Waals surface area contributed by atoms with E-state index in [1.54, 1.807) is 31.6 Å². The van der Waals surface area contributed by atoms with Gasteiger partial charge < -0.3 is 14.4 Å². The number of aromatic nitrogens is 2. The minimum absolute atomic E-state index is 0.0765. The Morgan fingerprint density at radius 2 is 2.33 bits per heavy atom. The predicted molar refractivity (Wildman–Crippen MR) is 65.7 cm³/mol. The Kier molecular flexibility index (Phi) is 2.38. The van der Waals surface area contributed by atoms with Crippen molar-refractivity contribution in [2.75, 3.05) is 7.11 Å². The number of aromatic carboxylic acids is 1. The third kappa shape index (κ3) is 1.76.